The summed E-state index contributed by atoms with van der Waals surface area (Å²) in [6, 6.07) is 8.88. The van der Waals surface area contributed by atoms with Gasteiger partial charge in [-0.3, -0.25) is 14.1 Å². The van der Waals surface area contributed by atoms with E-state index in [4.69, 9.17) is 18.5 Å². The van der Waals surface area contributed by atoms with Gasteiger partial charge in [0.15, 0.2) is 6.23 Å². The van der Waals surface area contributed by atoms with E-state index >= 15 is 4.39 Å². The lowest BCUT2D eigenvalue weighted by Gasteiger charge is -2.29. The summed E-state index contributed by atoms with van der Waals surface area (Å²) >= 11 is 2.69. The molecule has 0 aliphatic carbocycles. The number of nitrogens with one attached hydrogen (secondary N) is 2. The zero-order chi connectivity index (χ0) is 26.7. The van der Waals surface area contributed by atoms with E-state index in [1.807, 2.05) is 0 Å². The van der Waals surface area contributed by atoms with E-state index in [0.717, 1.165) is 12.3 Å². The average molecular weight is 594 g/mol. The zero-order valence-corrected chi connectivity index (χ0v) is 22.0. The van der Waals surface area contributed by atoms with Crippen LogP contribution in [0.2, 0.25) is 0 Å². The average Bonchev–Trinajstić information content (AvgIpc) is 3.01. The molecule has 0 amide bonds. The number of benzene rings is 1. The van der Waals surface area contributed by atoms with Gasteiger partial charge < -0.3 is 24.1 Å². The third-order valence-electron chi connectivity index (χ3n) is 5.08. The summed E-state index contributed by atoms with van der Waals surface area (Å²) in [7, 11) is -4.39. The molecule has 198 valence electrons. The predicted molar refractivity (Wildman–Crippen MR) is 128 cm³/mol. The highest BCUT2D eigenvalue weighted by Gasteiger charge is 2.58. The minimum absolute atomic E-state index is 0.0694. The van der Waals surface area contributed by atoms with Gasteiger partial charge in [-0.1, -0.05) is 18.2 Å². The monoisotopic (exact) mass is 593 g/mol. The number of rotatable bonds is 10. The van der Waals surface area contributed by atoms with Gasteiger partial charge >= 0.3 is 19.4 Å². The molecule has 1 aromatic carbocycles. The molecule has 0 bridgehead atoms. The molecule has 1 aromatic heterocycles. The van der Waals surface area contributed by atoms with Gasteiger partial charge in [-0.25, -0.2) is 18.3 Å². The van der Waals surface area contributed by atoms with Crippen LogP contribution in [0.25, 0.3) is 0 Å². The van der Waals surface area contributed by atoms with Crippen molar-refractivity contribution in [3.63, 3.8) is 0 Å². The van der Waals surface area contributed by atoms with Gasteiger partial charge in [0.25, 0.3) is 5.56 Å². The van der Waals surface area contributed by atoms with Crippen molar-refractivity contribution < 1.29 is 37.4 Å². The van der Waals surface area contributed by atoms with Crippen molar-refractivity contribution in [3.05, 3.63) is 63.4 Å². The fraction of sp³-hybridized carbons (Fsp3) is 0.476. The van der Waals surface area contributed by atoms with Crippen molar-refractivity contribution in [2.75, 3.05) is 13.2 Å². The Labute approximate surface area is 213 Å². The van der Waals surface area contributed by atoms with Crippen molar-refractivity contribution in [1.29, 1.82) is 0 Å². The van der Waals surface area contributed by atoms with Gasteiger partial charge in [-0.05, 0) is 48.8 Å². The molecule has 0 saturated carbocycles. The maximum Gasteiger partial charge on any atom is 0.459 e. The first-order valence-electron chi connectivity index (χ1n) is 10.8. The van der Waals surface area contributed by atoms with E-state index in [2.05, 4.69) is 26.0 Å². The number of nitrogens with zero attached hydrogens (tertiary/aromatic N) is 1. The van der Waals surface area contributed by atoms with E-state index in [0.29, 0.717) is 4.57 Å². The number of H-pyrrole nitrogens is 1. The number of carbonyl (C=O) groups is 1. The number of hydrogen-bond donors (Lipinski definition) is 3. The molecule has 36 heavy (non-hydrogen) atoms. The van der Waals surface area contributed by atoms with E-state index < -0.39 is 60.1 Å². The molecule has 0 radical (unpaired) electrons. The first kappa shape index (κ1) is 28.2. The van der Waals surface area contributed by atoms with Gasteiger partial charge in [0, 0.05) is 12.3 Å². The molecular formula is C21H26BrFN3O9P. The van der Waals surface area contributed by atoms with Crippen LogP contribution in [0.1, 0.15) is 27.0 Å². The second-order valence-electron chi connectivity index (χ2n) is 8.29. The maximum atomic E-state index is 15.4. The maximum absolute atomic E-state index is 15.4. The Morgan fingerprint density at radius 1 is 1.33 bits per heavy atom. The minimum Gasteiger partial charge on any atom is -0.465 e. The molecule has 12 nitrogen and oxygen atoms in total. The fourth-order valence-corrected chi connectivity index (χ4v) is 5.61. The number of halogens is 2. The largest absolute Gasteiger partial charge is 0.465 e. The van der Waals surface area contributed by atoms with Crippen molar-refractivity contribution in [1.82, 2.24) is 14.6 Å². The Morgan fingerprint density at radius 3 is 2.61 bits per heavy atom. The van der Waals surface area contributed by atoms with E-state index in [-0.39, 0.29) is 12.4 Å². The summed E-state index contributed by atoms with van der Waals surface area (Å²) in [6.45, 7) is 3.74. The standard InChI is InChI=1S/C21H26BrFN3O9P/c1-4-32-18(29)20(2,3)25-36(31,35-13-8-6-5-7-9-13)33-12-14-16(28)21(22,23)17(34-14)26-15(27)10-11-24-19(26)30/h5-11,14,16-17,28H,4,12H2,1-3H3,(H,24,30)(H,25,31)/t14-,16-,17-,21-,36-/m1/s1. The van der Waals surface area contributed by atoms with Crippen LogP contribution in [0.3, 0.4) is 0 Å². The topological polar surface area (TPSA) is 158 Å². The Morgan fingerprint density at radius 2 is 2.00 bits per heavy atom. The molecule has 1 aliphatic heterocycles. The number of para-hydroxylation sites is 1. The van der Waals surface area contributed by atoms with Crippen LogP contribution in [0, 0.1) is 0 Å². The number of aliphatic hydroxyl groups excluding tert-OH is 1. The molecular weight excluding hydrogens is 568 g/mol. The quantitative estimate of drug-likeness (QED) is 0.211. The fourth-order valence-electron chi connectivity index (χ4n) is 3.32. The SMILES string of the molecule is CCOC(=O)C(C)(C)N[P@@](=O)(OC[C@H]1O[C@@H](n2c(=O)cc[nH]c2=O)[C@@](F)(Br)[C@@H]1O)Oc1ccccc1. The van der Waals surface area contributed by atoms with Crippen LogP contribution < -0.4 is 20.9 Å². The normalized spacial score (nSPS) is 25.8. The Hall–Kier alpha value is -2.35. The number of carbonyl (C=O) groups excluding carboxylic acids is 1. The number of aromatic nitrogens is 2. The van der Waals surface area contributed by atoms with Gasteiger partial charge in [-0.15, -0.1) is 0 Å². The minimum atomic E-state index is -4.39. The van der Waals surface area contributed by atoms with Crippen molar-refractivity contribution in [3.8, 4) is 5.75 Å². The highest BCUT2D eigenvalue weighted by Crippen LogP contribution is 2.49. The van der Waals surface area contributed by atoms with Crippen LogP contribution in [-0.2, 0) is 23.4 Å². The molecule has 3 N–H and O–H groups in total. The van der Waals surface area contributed by atoms with Crippen LogP contribution in [-0.4, -0.2) is 56.2 Å². The number of alkyl halides is 2. The summed E-state index contributed by atoms with van der Waals surface area (Å²) in [5.74, 6) is -0.616. The van der Waals surface area contributed by atoms with Gasteiger partial charge in [-0.2, -0.15) is 5.09 Å². The second kappa shape index (κ2) is 11.0. The second-order valence-corrected chi connectivity index (χ2v) is 11.2. The number of esters is 1. The number of aromatic amines is 1. The van der Waals surface area contributed by atoms with E-state index in [1.165, 1.54) is 26.0 Å². The van der Waals surface area contributed by atoms with Gasteiger partial charge in [0.2, 0.25) is 4.58 Å². The molecule has 2 heterocycles. The van der Waals surface area contributed by atoms with Crippen molar-refractivity contribution in [2.45, 2.75) is 49.3 Å². The number of ether oxygens (including phenoxy) is 2. The molecule has 1 fully saturated rings. The summed E-state index contributed by atoms with van der Waals surface area (Å²) in [4.78, 5) is 38.9. The highest BCUT2D eigenvalue weighted by atomic mass is 79.9. The molecule has 1 aliphatic rings. The number of hydrogen-bond acceptors (Lipinski definition) is 9. The van der Waals surface area contributed by atoms with Crippen LogP contribution in [0.5, 0.6) is 5.75 Å². The zero-order valence-electron chi connectivity index (χ0n) is 19.6. The molecule has 0 spiro atoms. The summed E-state index contributed by atoms with van der Waals surface area (Å²) in [5.41, 5.74) is -3.39. The summed E-state index contributed by atoms with van der Waals surface area (Å²) < 4.78 is 48.2. The first-order chi connectivity index (χ1) is 16.8. The summed E-state index contributed by atoms with van der Waals surface area (Å²) in [5, 5.41) is 13.0. The third-order valence-corrected chi connectivity index (χ3v) is 7.72. The predicted octanol–water partition coefficient (Wildman–Crippen LogP) is 1.99. The molecule has 15 heteroatoms. The van der Waals surface area contributed by atoms with Crippen molar-refractivity contribution >= 4 is 29.6 Å². The van der Waals surface area contributed by atoms with Gasteiger partial charge in [0.05, 0.1) is 13.2 Å². The van der Waals surface area contributed by atoms with Crippen LogP contribution in [0.4, 0.5) is 4.39 Å². The van der Waals surface area contributed by atoms with Crippen LogP contribution >= 0.6 is 23.7 Å². The Bertz CT molecular complexity index is 1210. The third kappa shape index (κ3) is 6.13. The molecule has 2 aromatic rings. The van der Waals surface area contributed by atoms with Crippen molar-refractivity contribution in [2.24, 2.45) is 0 Å². The van der Waals surface area contributed by atoms with E-state index in [9.17, 15) is 24.1 Å². The molecule has 5 atom stereocenters. The first-order valence-corrected chi connectivity index (χ1v) is 13.1. The van der Waals surface area contributed by atoms with Gasteiger partial charge in [0.1, 0.15) is 23.5 Å². The molecule has 1 saturated heterocycles. The number of aliphatic hydroxyl groups is 1. The lowest BCUT2D eigenvalue weighted by molar-refractivity contribution is -0.149. The van der Waals surface area contributed by atoms with E-state index in [1.54, 1.807) is 25.1 Å². The Balaban J connectivity index is 1.85. The summed E-state index contributed by atoms with van der Waals surface area (Å²) in [6.07, 6.45) is -4.27. The highest BCUT2D eigenvalue weighted by molar-refractivity contribution is 9.10. The molecule has 0 unspecified atom stereocenters. The molecule has 3 rings (SSSR count). The Kier molecular flexibility index (Phi) is 8.59. The lowest BCUT2D eigenvalue weighted by atomic mass is 10.1. The smallest absolute Gasteiger partial charge is 0.459 e. The lowest BCUT2D eigenvalue weighted by Crippen LogP contribution is -2.47. The van der Waals surface area contributed by atoms with Crippen LogP contribution in [0.15, 0.2) is 52.2 Å².